The summed E-state index contributed by atoms with van der Waals surface area (Å²) in [5, 5.41) is 8.89. The molecular weight excluding hydrogens is 370 g/mol. The Morgan fingerprint density at radius 3 is 3.07 bits per heavy atom. The molecule has 1 amide bonds. The molecule has 3 unspecified atom stereocenters. The predicted octanol–water partition coefficient (Wildman–Crippen LogP) is 4.80. The molecule has 1 fully saturated rings. The molecule has 2 heterocycles. The van der Waals surface area contributed by atoms with E-state index in [2.05, 4.69) is 55.5 Å². The van der Waals surface area contributed by atoms with Gasteiger partial charge in [0.25, 0.3) is 0 Å². The maximum atomic E-state index is 12.3. The summed E-state index contributed by atoms with van der Waals surface area (Å²) in [7, 11) is 0. The van der Waals surface area contributed by atoms with Crippen molar-refractivity contribution in [1.29, 1.82) is 5.26 Å². The number of allylic oxidation sites excluding steroid dienone is 10. The maximum absolute atomic E-state index is 12.3. The van der Waals surface area contributed by atoms with Crippen LogP contribution in [-0.2, 0) is 4.79 Å². The van der Waals surface area contributed by atoms with Crippen molar-refractivity contribution in [2.24, 2.45) is 11.8 Å². The van der Waals surface area contributed by atoms with E-state index in [0.29, 0.717) is 11.8 Å². The third kappa shape index (κ3) is 3.15. The summed E-state index contributed by atoms with van der Waals surface area (Å²) < 4.78 is 0. The molecule has 3 aliphatic carbocycles. The predicted molar refractivity (Wildman–Crippen MR) is 118 cm³/mol. The Labute approximate surface area is 177 Å². The quantitative estimate of drug-likeness (QED) is 0.739. The lowest BCUT2D eigenvalue weighted by Gasteiger charge is -2.35. The lowest BCUT2D eigenvalue weighted by atomic mass is 9.82. The molecule has 1 saturated heterocycles. The van der Waals surface area contributed by atoms with Crippen molar-refractivity contribution >= 4 is 17.1 Å². The summed E-state index contributed by atoms with van der Waals surface area (Å²) in [5.74, 6) is 0.974. The second-order valence-electron chi connectivity index (χ2n) is 8.61. The largest absolute Gasteiger partial charge is 0.341 e. The number of carbonyl (C=O) groups is 1. The number of nitrogens with zero attached hydrogens (tertiary/aromatic N) is 3. The molecule has 30 heavy (non-hydrogen) atoms. The van der Waals surface area contributed by atoms with Crippen molar-refractivity contribution in [2.75, 3.05) is 13.1 Å². The average molecular weight is 396 g/mol. The topological polar surface area (TPSA) is 57.0 Å². The summed E-state index contributed by atoms with van der Waals surface area (Å²) >= 11 is 0. The standard InChI is InChI=1S/C26H25N3O/c1-17-13-23(19-6-4-12-29(16-19)25(30)10-11-27)24-14-20(15-28-26(17)24)22-9-8-18-5-2-3-7-21(18)22/h2-3,5,7-9,13-15,18-19,23H,4,6,10,12,16H2,1H3. The fraction of sp³-hybridized carbons (Fsp3) is 0.346. The highest BCUT2D eigenvalue weighted by Crippen LogP contribution is 2.44. The zero-order chi connectivity index (χ0) is 20.7. The van der Waals surface area contributed by atoms with Crippen LogP contribution in [0.15, 0.2) is 60.4 Å². The third-order valence-electron chi connectivity index (χ3n) is 6.78. The summed E-state index contributed by atoms with van der Waals surface area (Å²) in [6.45, 7) is 3.62. The van der Waals surface area contributed by atoms with Crippen LogP contribution in [-0.4, -0.2) is 28.9 Å². The van der Waals surface area contributed by atoms with Crippen LogP contribution in [0.2, 0.25) is 0 Å². The highest BCUT2D eigenvalue weighted by molar-refractivity contribution is 5.84. The molecule has 4 aliphatic rings. The number of pyridine rings is 1. The first-order valence-electron chi connectivity index (χ1n) is 10.8. The summed E-state index contributed by atoms with van der Waals surface area (Å²) in [6, 6.07) is 4.32. The van der Waals surface area contributed by atoms with Gasteiger partial charge in [-0.3, -0.25) is 9.78 Å². The molecule has 3 atom stereocenters. The van der Waals surface area contributed by atoms with Gasteiger partial charge < -0.3 is 4.90 Å². The van der Waals surface area contributed by atoms with Gasteiger partial charge in [-0.15, -0.1) is 0 Å². The molecule has 4 heteroatoms. The van der Waals surface area contributed by atoms with Crippen LogP contribution in [0.25, 0.3) is 11.1 Å². The van der Waals surface area contributed by atoms with Crippen LogP contribution in [0.3, 0.4) is 0 Å². The maximum Gasteiger partial charge on any atom is 0.236 e. The lowest BCUT2D eigenvalue weighted by Crippen LogP contribution is -2.41. The number of carbonyl (C=O) groups excluding carboxylic acids is 1. The van der Waals surface area contributed by atoms with E-state index in [1.165, 1.54) is 27.8 Å². The highest BCUT2D eigenvalue weighted by Gasteiger charge is 2.34. The van der Waals surface area contributed by atoms with Crippen molar-refractivity contribution < 1.29 is 4.79 Å². The Morgan fingerprint density at radius 1 is 1.30 bits per heavy atom. The van der Waals surface area contributed by atoms with E-state index in [1.54, 1.807) is 0 Å². The molecule has 0 N–H and O–H groups in total. The molecular formula is C26H25N3O. The van der Waals surface area contributed by atoms with Gasteiger partial charge in [-0.1, -0.05) is 42.5 Å². The number of amides is 1. The fourth-order valence-electron chi connectivity index (χ4n) is 5.30. The van der Waals surface area contributed by atoms with Crippen LogP contribution in [0, 0.1) is 23.2 Å². The minimum atomic E-state index is -0.0424. The van der Waals surface area contributed by atoms with E-state index >= 15 is 0 Å². The van der Waals surface area contributed by atoms with E-state index < -0.39 is 0 Å². The second kappa shape index (κ2) is 7.57. The normalized spacial score (nSPS) is 26.5. The van der Waals surface area contributed by atoms with Crippen LogP contribution >= 0.6 is 0 Å². The Hall–Kier alpha value is -3.19. The van der Waals surface area contributed by atoms with E-state index in [0.717, 1.165) is 31.6 Å². The van der Waals surface area contributed by atoms with E-state index in [1.807, 2.05) is 17.2 Å². The first kappa shape index (κ1) is 18.8. The zero-order valence-corrected chi connectivity index (χ0v) is 17.2. The zero-order valence-electron chi connectivity index (χ0n) is 17.2. The second-order valence-corrected chi connectivity index (χ2v) is 8.61. The van der Waals surface area contributed by atoms with Crippen molar-refractivity contribution in [3.63, 3.8) is 0 Å². The van der Waals surface area contributed by atoms with Crippen LogP contribution in [0.5, 0.6) is 0 Å². The molecule has 0 radical (unpaired) electrons. The van der Waals surface area contributed by atoms with Gasteiger partial charge in [0.1, 0.15) is 6.42 Å². The van der Waals surface area contributed by atoms with Gasteiger partial charge in [0.05, 0.1) is 11.8 Å². The number of fused-ring (bicyclic) bond motifs is 2. The summed E-state index contributed by atoms with van der Waals surface area (Å²) in [4.78, 5) is 19.0. The van der Waals surface area contributed by atoms with Gasteiger partial charge >= 0.3 is 0 Å². The monoisotopic (exact) mass is 395 g/mol. The minimum Gasteiger partial charge on any atom is -0.341 e. The van der Waals surface area contributed by atoms with Crippen molar-refractivity contribution in [3.05, 3.63) is 77.2 Å². The van der Waals surface area contributed by atoms with Crippen molar-refractivity contribution in [3.8, 4) is 6.07 Å². The van der Waals surface area contributed by atoms with Crippen molar-refractivity contribution in [1.82, 2.24) is 9.88 Å². The van der Waals surface area contributed by atoms with E-state index in [-0.39, 0.29) is 18.2 Å². The number of piperidine rings is 1. The summed E-state index contributed by atoms with van der Waals surface area (Å²) in [6.07, 6.45) is 19.5. The lowest BCUT2D eigenvalue weighted by molar-refractivity contribution is -0.132. The molecule has 0 aromatic carbocycles. The molecule has 4 nitrogen and oxygen atoms in total. The molecule has 1 aromatic heterocycles. The SMILES string of the molecule is CC1=CC(C2CCCN(C(=O)CC#N)C2)c2cc(C3=C4C=CC=CC4C=C3)cnc21. The number of rotatable bonds is 3. The Balaban J connectivity index is 1.46. The fourth-order valence-corrected chi connectivity index (χ4v) is 5.30. The smallest absolute Gasteiger partial charge is 0.236 e. The van der Waals surface area contributed by atoms with Gasteiger partial charge in [0.15, 0.2) is 0 Å². The molecule has 5 rings (SSSR count). The van der Waals surface area contributed by atoms with Gasteiger partial charge in [0.2, 0.25) is 5.91 Å². The molecule has 150 valence electrons. The average Bonchev–Trinajstić information content (AvgIpc) is 3.35. The molecule has 1 aliphatic heterocycles. The Kier molecular flexibility index (Phi) is 4.75. The van der Waals surface area contributed by atoms with Gasteiger partial charge in [0, 0.05) is 36.7 Å². The van der Waals surface area contributed by atoms with E-state index in [9.17, 15) is 4.79 Å². The van der Waals surface area contributed by atoms with Crippen LogP contribution in [0.4, 0.5) is 0 Å². The van der Waals surface area contributed by atoms with Gasteiger partial charge in [-0.2, -0.15) is 5.26 Å². The van der Waals surface area contributed by atoms with Crippen LogP contribution in [0.1, 0.15) is 48.9 Å². The summed E-state index contributed by atoms with van der Waals surface area (Å²) in [5.41, 5.74) is 7.36. The minimum absolute atomic E-state index is 0.0268. The molecule has 1 aromatic rings. The number of hydrogen-bond donors (Lipinski definition) is 0. The molecule has 0 saturated carbocycles. The van der Waals surface area contributed by atoms with Gasteiger partial charge in [-0.25, -0.2) is 0 Å². The Bertz CT molecular complexity index is 1100. The van der Waals surface area contributed by atoms with Crippen LogP contribution < -0.4 is 0 Å². The number of likely N-dealkylation sites (tertiary alicyclic amines) is 1. The molecule has 0 spiro atoms. The number of aromatic nitrogens is 1. The third-order valence-corrected chi connectivity index (χ3v) is 6.78. The van der Waals surface area contributed by atoms with E-state index in [4.69, 9.17) is 10.2 Å². The molecule has 0 bridgehead atoms. The number of nitriles is 1. The van der Waals surface area contributed by atoms with Crippen molar-refractivity contribution in [2.45, 2.75) is 32.1 Å². The number of hydrogen-bond acceptors (Lipinski definition) is 3. The highest BCUT2D eigenvalue weighted by atomic mass is 16.2. The van der Waals surface area contributed by atoms with Gasteiger partial charge in [-0.05, 0) is 54.0 Å². The Morgan fingerprint density at radius 2 is 2.20 bits per heavy atom. The first-order valence-corrected chi connectivity index (χ1v) is 10.8. The first-order chi connectivity index (χ1) is 14.7.